The van der Waals surface area contributed by atoms with Gasteiger partial charge in [0.05, 0.1) is 11.4 Å². The van der Waals surface area contributed by atoms with Crippen molar-refractivity contribution in [3.63, 3.8) is 0 Å². The molecule has 1 saturated heterocycles. The third-order valence-corrected chi connectivity index (χ3v) is 5.10. The number of rotatable bonds is 5. The average molecular weight is 481 g/mol. The Balaban J connectivity index is 0.00000261. The summed E-state index contributed by atoms with van der Waals surface area (Å²) in [5, 5.41) is 8.19. The lowest BCUT2D eigenvalue weighted by Gasteiger charge is -2.33. The number of aromatic nitrogens is 2. The largest absolute Gasteiger partial charge is 0.356 e. The van der Waals surface area contributed by atoms with Gasteiger partial charge in [-0.1, -0.05) is 25.1 Å². The Morgan fingerprint density at radius 3 is 2.78 bits per heavy atom. The molecule has 1 aliphatic rings. The third-order valence-electron chi connectivity index (χ3n) is 5.10. The van der Waals surface area contributed by atoms with E-state index in [0.717, 1.165) is 55.7 Å². The molecule has 1 aromatic carbocycles. The first-order valence-electron chi connectivity index (χ1n) is 9.73. The predicted molar refractivity (Wildman–Crippen MR) is 123 cm³/mol. The highest BCUT2D eigenvalue weighted by Crippen LogP contribution is 2.16. The highest BCUT2D eigenvalue weighted by atomic mass is 127. The highest BCUT2D eigenvalue weighted by Gasteiger charge is 2.18. The van der Waals surface area contributed by atoms with Crippen LogP contribution in [0.2, 0.25) is 0 Å². The fourth-order valence-electron chi connectivity index (χ4n) is 3.65. The van der Waals surface area contributed by atoms with E-state index in [2.05, 4.69) is 52.5 Å². The molecule has 1 fully saturated rings. The van der Waals surface area contributed by atoms with Crippen LogP contribution in [-0.2, 0) is 6.42 Å². The van der Waals surface area contributed by atoms with Crippen molar-refractivity contribution in [2.45, 2.75) is 39.5 Å². The monoisotopic (exact) mass is 481 g/mol. The zero-order chi connectivity index (χ0) is 18.4. The van der Waals surface area contributed by atoms with Crippen LogP contribution in [-0.4, -0.2) is 47.3 Å². The Morgan fingerprint density at radius 2 is 2.07 bits per heavy atom. The molecule has 0 bridgehead atoms. The van der Waals surface area contributed by atoms with Crippen LogP contribution in [0.4, 0.5) is 0 Å². The van der Waals surface area contributed by atoms with Gasteiger partial charge in [0.1, 0.15) is 0 Å². The smallest absolute Gasteiger partial charge is 0.193 e. The molecule has 1 N–H and O–H groups in total. The van der Waals surface area contributed by atoms with Crippen LogP contribution in [0.15, 0.2) is 41.5 Å². The maximum Gasteiger partial charge on any atom is 0.193 e. The predicted octanol–water partition coefficient (Wildman–Crippen LogP) is 4.04. The van der Waals surface area contributed by atoms with Gasteiger partial charge in [0.15, 0.2) is 5.96 Å². The number of nitrogens with zero attached hydrogens (tertiary/aromatic N) is 4. The summed E-state index contributed by atoms with van der Waals surface area (Å²) in [5.41, 5.74) is 3.54. The van der Waals surface area contributed by atoms with Gasteiger partial charge in [0.25, 0.3) is 0 Å². The molecule has 148 valence electrons. The van der Waals surface area contributed by atoms with Crippen LogP contribution in [0, 0.1) is 12.8 Å². The van der Waals surface area contributed by atoms with Crippen molar-refractivity contribution >= 4 is 29.9 Å². The molecule has 27 heavy (non-hydrogen) atoms. The van der Waals surface area contributed by atoms with Crippen molar-refractivity contribution in [3.05, 3.63) is 47.8 Å². The highest BCUT2D eigenvalue weighted by molar-refractivity contribution is 14.0. The second kappa shape index (κ2) is 10.7. The molecule has 5 nitrogen and oxygen atoms in total. The molecule has 2 heterocycles. The summed E-state index contributed by atoms with van der Waals surface area (Å²) in [5.74, 6) is 1.81. The molecule has 3 rings (SSSR count). The second-order valence-electron chi connectivity index (χ2n) is 7.29. The molecule has 0 aliphatic carbocycles. The fraction of sp³-hybridized carbons (Fsp3) is 0.524. The number of guanidine groups is 1. The zero-order valence-electron chi connectivity index (χ0n) is 16.7. The van der Waals surface area contributed by atoms with E-state index in [1.807, 2.05) is 29.9 Å². The number of aryl methyl sites for hydroxylation is 2. The van der Waals surface area contributed by atoms with Crippen LogP contribution in [0.1, 0.15) is 37.4 Å². The van der Waals surface area contributed by atoms with Gasteiger partial charge < -0.3 is 10.2 Å². The fourth-order valence-corrected chi connectivity index (χ4v) is 3.65. The second-order valence-corrected chi connectivity index (χ2v) is 7.29. The number of hydrogen-bond donors (Lipinski definition) is 1. The number of piperidine rings is 1. The SMILES string of the molecule is CN=C(NCCCc1cn(-c2ccccc2)nc1C)N1CCCC(C)C1.I. The van der Waals surface area contributed by atoms with Crippen molar-refractivity contribution in [1.82, 2.24) is 20.0 Å². The maximum absolute atomic E-state index is 4.66. The Kier molecular flexibility index (Phi) is 8.60. The minimum absolute atomic E-state index is 0. The van der Waals surface area contributed by atoms with Gasteiger partial charge in [-0.25, -0.2) is 4.68 Å². The number of hydrogen-bond acceptors (Lipinski definition) is 2. The molecular formula is C21H32IN5. The molecule has 1 aliphatic heterocycles. The van der Waals surface area contributed by atoms with Crippen molar-refractivity contribution in [1.29, 1.82) is 0 Å². The normalized spacial score (nSPS) is 17.5. The number of aliphatic imine (C=N–C) groups is 1. The van der Waals surface area contributed by atoms with Crippen LogP contribution >= 0.6 is 24.0 Å². The van der Waals surface area contributed by atoms with E-state index in [1.54, 1.807) is 0 Å². The summed E-state index contributed by atoms with van der Waals surface area (Å²) in [7, 11) is 1.88. The van der Waals surface area contributed by atoms with E-state index in [4.69, 9.17) is 0 Å². The average Bonchev–Trinajstić information content (AvgIpc) is 3.03. The lowest BCUT2D eigenvalue weighted by atomic mass is 10.0. The summed E-state index contributed by atoms with van der Waals surface area (Å²) in [6.45, 7) is 7.59. The Hall–Kier alpha value is -1.57. The van der Waals surface area contributed by atoms with Crippen molar-refractivity contribution < 1.29 is 0 Å². The Morgan fingerprint density at radius 1 is 1.30 bits per heavy atom. The van der Waals surface area contributed by atoms with Crippen molar-refractivity contribution in [2.75, 3.05) is 26.7 Å². The van der Waals surface area contributed by atoms with Crippen LogP contribution < -0.4 is 5.32 Å². The van der Waals surface area contributed by atoms with E-state index in [-0.39, 0.29) is 24.0 Å². The third kappa shape index (κ3) is 5.96. The molecule has 6 heteroatoms. The number of nitrogens with one attached hydrogen (secondary N) is 1. The summed E-state index contributed by atoms with van der Waals surface area (Å²) in [6, 6.07) is 10.3. The van der Waals surface area contributed by atoms with Gasteiger partial charge in [-0.05, 0) is 56.2 Å². The minimum atomic E-state index is 0. The molecular weight excluding hydrogens is 449 g/mol. The molecule has 0 spiro atoms. The number of halogens is 1. The van der Waals surface area contributed by atoms with Crippen LogP contribution in [0.25, 0.3) is 5.69 Å². The number of para-hydroxylation sites is 1. The molecule has 2 aromatic rings. The summed E-state index contributed by atoms with van der Waals surface area (Å²) >= 11 is 0. The number of benzene rings is 1. The molecule has 0 amide bonds. The molecule has 1 aromatic heterocycles. The number of likely N-dealkylation sites (tertiary alicyclic amines) is 1. The van der Waals surface area contributed by atoms with E-state index >= 15 is 0 Å². The lowest BCUT2D eigenvalue weighted by Crippen LogP contribution is -2.46. The first kappa shape index (κ1) is 21.7. The van der Waals surface area contributed by atoms with E-state index in [9.17, 15) is 0 Å². The Bertz CT molecular complexity index is 725. The van der Waals surface area contributed by atoms with Gasteiger partial charge in [0.2, 0.25) is 0 Å². The van der Waals surface area contributed by atoms with Gasteiger partial charge in [-0.3, -0.25) is 4.99 Å². The first-order chi connectivity index (χ1) is 12.7. The van der Waals surface area contributed by atoms with Gasteiger partial charge in [-0.15, -0.1) is 24.0 Å². The molecule has 1 unspecified atom stereocenters. The molecule has 0 saturated carbocycles. The minimum Gasteiger partial charge on any atom is -0.356 e. The van der Waals surface area contributed by atoms with Gasteiger partial charge in [0, 0.05) is 32.9 Å². The van der Waals surface area contributed by atoms with Crippen molar-refractivity contribution in [3.8, 4) is 5.69 Å². The van der Waals surface area contributed by atoms with E-state index < -0.39 is 0 Å². The maximum atomic E-state index is 4.66. The zero-order valence-corrected chi connectivity index (χ0v) is 19.0. The van der Waals surface area contributed by atoms with Crippen LogP contribution in [0.3, 0.4) is 0 Å². The molecule has 0 radical (unpaired) electrons. The summed E-state index contributed by atoms with van der Waals surface area (Å²) in [4.78, 5) is 6.86. The van der Waals surface area contributed by atoms with Gasteiger partial charge in [-0.2, -0.15) is 5.10 Å². The van der Waals surface area contributed by atoms with Crippen LogP contribution in [0.5, 0.6) is 0 Å². The summed E-state index contributed by atoms with van der Waals surface area (Å²) < 4.78 is 1.98. The van der Waals surface area contributed by atoms with Crippen molar-refractivity contribution in [2.24, 2.45) is 10.9 Å². The quantitative estimate of drug-likeness (QED) is 0.304. The van der Waals surface area contributed by atoms with Gasteiger partial charge >= 0.3 is 0 Å². The van der Waals surface area contributed by atoms with E-state index in [0.29, 0.717) is 0 Å². The summed E-state index contributed by atoms with van der Waals surface area (Å²) in [6.07, 6.45) is 6.85. The Labute approximate surface area is 180 Å². The first-order valence-corrected chi connectivity index (χ1v) is 9.73. The topological polar surface area (TPSA) is 45.5 Å². The molecule has 1 atom stereocenters. The van der Waals surface area contributed by atoms with E-state index in [1.165, 1.54) is 18.4 Å². The lowest BCUT2D eigenvalue weighted by molar-refractivity contribution is 0.266. The standard InChI is InChI=1S/C21H31N5.HI/c1-17-9-8-14-25(15-17)21(22-3)23-13-7-10-19-16-26(24-18(19)2)20-11-5-4-6-12-20;/h4-6,11-12,16-17H,7-10,13-15H2,1-3H3,(H,22,23);1H.